The lowest BCUT2D eigenvalue weighted by atomic mass is 9.98. The molecule has 15 heavy (non-hydrogen) atoms. The summed E-state index contributed by atoms with van der Waals surface area (Å²) in [5.41, 5.74) is 0.674. The Morgan fingerprint density at radius 1 is 1.20 bits per heavy atom. The van der Waals surface area contributed by atoms with Crippen LogP contribution in [0.2, 0.25) is 0 Å². The predicted molar refractivity (Wildman–Crippen MR) is 52.5 cm³/mol. The third-order valence-corrected chi connectivity index (χ3v) is 2.79. The molecule has 0 amide bonds. The molecule has 0 bridgehead atoms. The summed E-state index contributed by atoms with van der Waals surface area (Å²) in [4.78, 5) is 0. The van der Waals surface area contributed by atoms with Crippen molar-refractivity contribution in [1.29, 1.82) is 0 Å². The first kappa shape index (κ1) is 10.7. The van der Waals surface area contributed by atoms with E-state index in [1.165, 1.54) is 18.9 Å². The van der Waals surface area contributed by atoms with Crippen LogP contribution in [0.1, 0.15) is 25.7 Å². The van der Waals surface area contributed by atoms with Crippen molar-refractivity contribution in [3.63, 3.8) is 0 Å². The maximum Gasteiger partial charge on any atom is 0.412 e. The van der Waals surface area contributed by atoms with E-state index in [0.717, 1.165) is 12.1 Å². The van der Waals surface area contributed by atoms with Gasteiger partial charge in [0.1, 0.15) is 0 Å². The van der Waals surface area contributed by atoms with E-state index in [1.807, 2.05) is 0 Å². The third-order valence-electron chi connectivity index (χ3n) is 2.79. The van der Waals surface area contributed by atoms with E-state index >= 15 is 0 Å². The summed E-state index contributed by atoms with van der Waals surface area (Å²) in [6.07, 6.45) is 1.75. The van der Waals surface area contributed by atoms with Crippen LogP contribution in [0, 0.1) is 0 Å². The minimum Gasteiger partial charge on any atom is -0.310 e. The summed E-state index contributed by atoms with van der Waals surface area (Å²) in [6, 6.07) is 0.610. The smallest absolute Gasteiger partial charge is 0.310 e. The lowest BCUT2D eigenvalue weighted by Crippen LogP contribution is -2.21. The third kappa shape index (κ3) is 3.09. The topological polar surface area (TPSA) is 12.0 Å². The molecule has 2 rings (SSSR count). The predicted octanol–water partition coefficient (Wildman–Crippen LogP) is 2.95. The lowest BCUT2D eigenvalue weighted by molar-refractivity contribution is -0.0941. The molecule has 0 heterocycles. The minimum absolute atomic E-state index is 0.127. The van der Waals surface area contributed by atoms with Gasteiger partial charge in [-0.25, -0.2) is 0 Å². The molecule has 1 nitrogen and oxygen atoms in total. The van der Waals surface area contributed by atoms with Gasteiger partial charge >= 0.3 is 6.18 Å². The number of hydrogen-bond donors (Lipinski definition) is 1. The van der Waals surface area contributed by atoms with Gasteiger partial charge in [-0.15, -0.1) is 0 Å². The minimum atomic E-state index is -4.15. The summed E-state index contributed by atoms with van der Waals surface area (Å²) in [7, 11) is 0. The molecular weight excluding hydrogens is 203 g/mol. The van der Waals surface area contributed by atoms with Crippen LogP contribution in [0.25, 0.3) is 0 Å². The second kappa shape index (κ2) is 4.00. The van der Waals surface area contributed by atoms with Crippen LogP contribution >= 0.6 is 0 Å². The van der Waals surface area contributed by atoms with Gasteiger partial charge in [-0.1, -0.05) is 17.7 Å². The first-order chi connectivity index (χ1) is 7.05. The number of hydrogen-bond acceptors (Lipinski definition) is 1. The van der Waals surface area contributed by atoms with Crippen LogP contribution in [-0.2, 0) is 0 Å². The van der Waals surface area contributed by atoms with Crippen molar-refractivity contribution in [2.24, 2.45) is 0 Å². The Balaban J connectivity index is 1.88. The Bertz CT molecular complexity index is 297. The maximum atomic E-state index is 12.3. The van der Waals surface area contributed by atoms with E-state index in [1.54, 1.807) is 6.08 Å². The van der Waals surface area contributed by atoms with Gasteiger partial charge in [0.15, 0.2) is 0 Å². The van der Waals surface area contributed by atoms with Crippen LogP contribution in [-0.4, -0.2) is 18.8 Å². The highest BCUT2D eigenvalue weighted by molar-refractivity contribution is 5.27. The van der Waals surface area contributed by atoms with E-state index in [9.17, 15) is 13.2 Å². The highest BCUT2D eigenvalue weighted by Gasteiger charge is 2.33. The number of alkyl halides is 3. The Labute approximate surface area is 87.0 Å². The molecule has 0 aromatic heterocycles. The quantitative estimate of drug-likeness (QED) is 0.766. The maximum absolute atomic E-state index is 12.3. The van der Waals surface area contributed by atoms with Crippen molar-refractivity contribution in [2.75, 3.05) is 6.54 Å². The molecular formula is C11H14F3N. The standard InChI is InChI=1S/C11H14F3N/c12-11(13,14)9-3-1-8(2-4-9)7-15-10-5-6-10/h1,3,10,15H,2,4-7H2. The highest BCUT2D eigenvalue weighted by atomic mass is 19.4. The summed E-state index contributed by atoms with van der Waals surface area (Å²) in [5.74, 6) is 0. The van der Waals surface area contributed by atoms with Crippen LogP contribution < -0.4 is 5.32 Å². The zero-order valence-corrected chi connectivity index (χ0v) is 8.40. The van der Waals surface area contributed by atoms with Crippen LogP contribution in [0.4, 0.5) is 13.2 Å². The zero-order chi connectivity index (χ0) is 10.9. The molecule has 0 aliphatic heterocycles. The summed E-state index contributed by atoms with van der Waals surface area (Å²) >= 11 is 0. The molecule has 0 unspecified atom stereocenters. The molecule has 0 saturated heterocycles. The molecule has 1 N–H and O–H groups in total. The molecule has 1 saturated carbocycles. The highest BCUT2D eigenvalue weighted by Crippen LogP contribution is 2.32. The molecule has 0 aromatic carbocycles. The van der Waals surface area contributed by atoms with Crippen LogP contribution in [0.15, 0.2) is 23.3 Å². The molecule has 0 aromatic rings. The second-order valence-corrected chi connectivity index (χ2v) is 4.17. The lowest BCUT2D eigenvalue weighted by Gasteiger charge is -2.17. The second-order valence-electron chi connectivity index (χ2n) is 4.17. The van der Waals surface area contributed by atoms with Gasteiger partial charge in [-0.3, -0.25) is 0 Å². The molecule has 1 fully saturated rings. The first-order valence-corrected chi connectivity index (χ1v) is 5.25. The van der Waals surface area contributed by atoms with E-state index in [0.29, 0.717) is 12.5 Å². The van der Waals surface area contributed by atoms with E-state index in [4.69, 9.17) is 0 Å². The normalized spacial score (nSPS) is 22.3. The van der Waals surface area contributed by atoms with Crippen LogP contribution in [0.3, 0.4) is 0 Å². The zero-order valence-electron chi connectivity index (χ0n) is 8.40. The molecule has 0 radical (unpaired) electrons. The van der Waals surface area contributed by atoms with Crippen molar-refractivity contribution in [3.8, 4) is 0 Å². The van der Waals surface area contributed by atoms with Gasteiger partial charge in [0, 0.05) is 18.2 Å². The van der Waals surface area contributed by atoms with Crippen molar-refractivity contribution < 1.29 is 13.2 Å². The Hall–Kier alpha value is -0.770. The largest absolute Gasteiger partial charge is 0.412 e. The number of halogens is 3. The van der Waals surface area contributed by atoms with Gasteiger partial charge in [0.25, 0.3) is 0 Å². The van der Waals surface area contributed by atoms with Crippen molar-refractivity contribution >= 4 is 0 Å². The van der Waals surface area contributed by atoms with Crippen LogP contribution in [0.5, 0.6) is 0 Å². The van der Waals surface area contributed by atoms with Crippen molar-refractivity contribution in [3.05, 3.63) is 23.3 Å². The van der Waals surface area contributed by atoms with Gasteiger partial charge in [0.05, 0.1) is 0 Å². The molecule has 2 aliphatic carbocycles. The number of allylic oxidation sites excluding steroid dienone is 3. The fourth-order valence-electron chi connectivity index (χ4n) is 1.63. The number of rotatable bonds is 3. The average molecular weight is 217 g/mol. The van der Waals surface area contributed by atoms with E-state index in [2.05, 4.69) is 5.32 Å². The molecule has 0 spiro atoms. The molecule has 4 heteroatoms. The van der Waals surface area contributed by atoms with Crippen molar-refractivity contribution in [2.45, 2.75) is 37.9 Å². The summed E-state index contributed by atoms with van der Waals surface area (Å²) < 4.78 is 36.8. The van der Waals surface area contributed by atoms with Gasteiger partial charge < -0.3 is 5.32 Å². The fourth-order valence-corrected chi connectivity index (χ4v) is 1.63. The fraction of sp³-hybridized carbons (Fsp3) is 0.636. The van der Waals surface area contributed by atoms with Gasteiger partial charge in [-0.05, 0) is 25.7 Å². The molecule has 0 atom stereocenters. The monoisotopic (exact) mass is 217 g/mol. The number of nitrogens with one attached hydrogen (secondary N) is 1. The Morgan fingerprint density at radius 3 is 2.40 bits per heavy atom. The molecule has 84 valence electrons. The summed E-state index contributed by atoms with van der Waals surface area (Å²) in [6.45, 7) is 0.742. The average Bonchev–Trinajstić information content (AvgIpc) is 2.97. The van der Waals surface area contributed by atoms with E-state index in [-0.39, 0.29) is 6.42 Å². The van der Waals surface area contributed by atoms with Gasteiger partial charge in [0.2, 0.25) is 0 Å². The Morgan fingerprint density at radius 2 is 1.93 bits per heavy atom. The summed E-state index contributed by atoms with van der Waals surface area (Å²) in [5, 5.41) is 3.30. The first-order valence-electron chi connectivity index (χ1n) is 5.25. The van der Waals surface area contributed by atoms with E-state index < -0.39 is 11.7 Å². The Kier molecular flexibility index (Phi) is 2.87. The van der Waals surface area contributed by atoms with Gasteiger partial charge in [-0.2, -0.15) is 13.2 Å². The van der Waals surface area contributed by atoms with Crippen molar-refractivity contribution in [1.82, 2.24) is 5.32 Å². The molecule has 2 aliphatic rings. The SMILES string of the molecule is FC(F)(F)C1=CC=C(CNC2CC2)CC1.